The van der Waals surface area contributed by atoms with E-state index < -0.39 is 0 Å². The average Bonchev–Trinajstić information content (AvgIpc) is 3.29. The molecule has 0 radical (unpaired) electrons. The number of anilines is 1. The van der Waals surface area contributed by atoms with Gasteiger partial charge in [0.1, 0.15) is 0 Å². The molecule has 1 aliphatic heterocycles. The third kappa shape index (κ3) is 4.17. The fourth-order valence-corrected chi connectivity index (χ4v) is 3.26. The van der Waals surface area contributed by atoms with E-state index in [9.17, 15) is 9.59 Å². The van der Waals surface area contributed by atoms with Crippen molar-refractivity contribution in [1.29, 1.82) is 0 Å². The normalized spacial score (nSPS) is 14.6. The molecule has 0 spiro atoms. The molecule has 1 N–H and O–H groups in total. The maximum atomic E-state index is 13.0. The minimum absolute atomic E-state index is 0.0597. The van der Waals surface area contributed by atoms with Gasteiger partial charge < -0.3 is 15.1 Å². The van der Waals surface area contributed by atoms with Crippen LogP contribution in [0.4, 0.5) is 5.69 Å². The molecule has 148 valence electrons. The number of hydrogen-bond acceptors (Lipinski definition) is 5. The zero-order valence-electron chi connectivity index (χ0n) is 16.2. The van der Waals surface area contributed by atoms with Crippen molar-refractivity contribution < 1.29 is 9.59 Å². The maximum Gasteiger partial charge on any atom is 0.256 e. The second-order valence-electron chi connectivity index (χ2n) is 6.99. The molecule has 1 aliphatic rings. The van der Waals surface area contributed by atoms with Crippen LogP contribution < -0.4 is 5.32 Å². The van der Waals surface area contributed by atoms with Crippen LogP contribution in [-0.4, -0.2) is 69.8 Å². The van der Waals surface area contributed by atoms with Gasteiger partial charge in [-0.2, -0.15) is 0 Å². The van der Waals surface area contributed by atoms with E-state index in [0.717, 1.165) is 18.8 Å². The monoisotopic (exact) mass is 390 g/mol. The Kier molecular flexibility index (Phi) is 5.35. The van der Waals surface area contributed by atoms with Gasteiger partial charge in [0, 0.05) is 31.7 Å². The van der Waals surface area contributed by atoms with Gasteiger partial charge in [-0.1, -0.05) is 17.3 Å². The molecule has 0 atom stereocenters. The van der Waals surface area contributed by atoms with Crippen molar-refractivity contribution in [2.24, 2.45) is 0 Å². The lowest BCUT2D eigenvalue weighted by molar-refractivity contribution is 0.0665. The summed E-state index contributed by atoms with van der Waals surface area (Å²) >= 11 is 0. The fraction of sp³-hybridized carbons (Fsp3) is 0.238. The Labute approximate surface area is 168 Å². The van der Waals surface area contributed by atoms with Gasteiger partial charge >= 0.3 is 0 Å². The van der Waals surface area contributed by atoms with Crippen molar-refractivity contribution in [3.8, 4) is 5.69 Å². The zero-order chi connectivity index (χ0) is 20.2. The van der Waals surface area contributed by atoms with E-state index in [1.807, 2.05) is 24.1 Å². The molecule has 1 saturated heterocycles. The average molecular weight is 390 g/mol. The van der Waals surface area contributed by atoms with Gasteiger partial charge in [0.2, 0.25) is 0 Å². The molecule has 1 fully saturated rings. The van der Waals surface area contributed by atoms with Crippen molar-refractivity contribution in [3.05, 3.63) is 72.1 Å². The molecule has 3 aromatic rings. The summed E-state index contributed by atoms with van der Waals surface area (Å²) in [6.07, 6.45) is 3.32. The van der Waals surface area contributed by atoms with Crippen LogP contribution in [-0.2, 0) is 0 Å². The van der Waals surface area contributed by atoms with Crippen LogP contribution >= 0.6 is 0 Å². The Morgan fingerprint density at radius 1 is 0.966 bits per heavy atom. The summed E-state index contributed by atoms with van der Waals surface area (Å²) < 4.78 is 1.62. The summed E-state index contributed by atoms with van der Waals surface area (Å²) in [7, 11) is 2.05. The van der Waals surface area contributed by atoms with E-state index in [0.29, 0.717) is 29.9 Å². The van der Waals surface area contributed by atoms with Crippen molar-refractivity contribution in [2.45, 2.75) is 0 Å². The van der Waals surface area contributed by atoms with Crippen LogP contribution in [0.15, 0.2) is 60.9 Å². The van der Waals surface area contributed by atoms with Crippen LogP contribution in [0.3, 0.4) is 0 Å². The number of nitrogens with zero attached hydrogens (tertiary/aromatic N) is 5. The Hall–Kier alpha value is -3.52. The smallest absolute Gasteiger partial charge is 0.256 e. The minimum Gasteiger partial charge on any atom is -0.336 e. The topological polar surface area (TPSA) is 83.4 Å². The van der Waals surface area contributed by atoms with Gasteiger partial charge in [0.25, 0.3) is 11.8 Å². The number of rotatable bonds is 4. The molecule has 0 saturated carbocycles. The summed E-state index contributed by atoms with van der Waals surface area (Å²) in [5, 5.41) is 10.6. The number of piperazine rings is 1. The summed E-state index contributed by atoms with van der Waals surface area (Å²) in [5.41, 5.74) is 2.33. The molecule has 2 amide bonds. The third-order valence-electron chi connectivity index (χ3n) is 5.01. The number of carbonyl (C=O) groups excluding carboxylic acids is 2. The number of benzene rings is 2. The second-order valence-corrected chi connectivity index (χ2v) is 6.99. The maximum absolute atomic E-state index is 13.0. The zero-order valence-corrected chi connectivity index (χ0v) is 16.2. The van der Waals surface area contributed by atoms with Crippen molar-refractivity contribution >= 4 is 17.5 Å². The van der Waals surface area contributed by atoms with E-state index in [2.05, 4.69) is 20.5 Å². The van der Waals surface area contributed by atoms with Crippen molar-refractivity contribution in [2.75, 3.05) is 38.5 Å². The van der Waals surface area contributed by atoms with Gasteiger partial charge in [-0.3, -0.25) is 9.59 Å². The number of hydrogen-bond donors (Lipinski definition) is 1. The number of para-hydroxylation sites is 1. The predicted octanol–water partition coefficient (Wildman–Crippen LogP) is 1.91. The Balaban J connectivity index is 1.49. The predicted molar refractivity (Wildman–Crippen MR) is 109 cm³/mol. The minimum atomic E-state index is -0.270. The largest absolute Gasteiger partial charge is 0.336 e. The third-order valence-corrected chi connectivity index (χ3v) is 5.01. The molecule has 0 unspecified atom stereocenters. The van der Waals surface area contributed by atoms with E-state index >= 15 is 0 Å². The number of aromatic nitrogens is 3. The summed E-state index contributed by atoms with van der Waals surface area (Å²) in [6, 6.07) is 14.2. The highest BCUT2D eigenvalue weighted by atomic mass is 16.2. The lowest BCUT2D eigenvalue weighted by Gasteiger charge is -2.32. The number of amides is 2. The second kappa shape index (κ2) is 8.24. The molecule has 0 aliphatic carbocycles. The van der Waals surface area contributed by atoms with Crippen LogP contribution in [0.5, 0.6) is 0 Å². The van der Waals surface area contributed by atoms with Crippen molar-refractivity contribution in [1.82, 2.24) is 24.8 Å². The first-order valence-corrected chi connectivity index (χ1v) is 9.47. The molecule has 1 aromatic heterocycles. The fourth-order valence-electron chi connectivity index (χ4n) is 3.26. The molecular weight excluding hydrogens is 368 g/mol. The van der Waals surface area contributed by atoms with E-state index in [1.54, 1.807) is 53.5 Å². The number of likely N-dealkylation sites (N-methyl/N-ethyl adjacent to an activating group) is 1. The first-order chi connectivity index (χ1) is 14.1. The summed E-state index contributed by atoms with van der Waals surface area (Å²) in [4.78, 5) is 29.7. The van der Waals surface area contributed by atoms with E-state index in [4.69, 9.17) is 0 Å². The molecule has 8 heteroatoms. The highest BCUT2D eigenvalue weighted by Gasteiger charge is 2.23. The van der Waals surface area contributed by atoms with E-state index in [-0.39, 0.29) is 11.8 Å². The highest BCUT2D eigenvalue weighted by Crippen LogP contribution is 2.19. The molecule has 0 bridgehead atoms. The van der Waals surface area contributed by atoms with Gasteiger partial charge in [-0.15, -0.1) is 5.10 Å². The van der Waals surface area contributed by atoms with Gasteiger partial charge in [-0.05, 0) is 43.4 Å². The summed E-state index contributed by atoms with van der Waals surface area (Å²) in [6.45, 7) is 3.06. The standard InChI is InChI=1S/C21H22N6O2/c1-25-12-14-26(15-13-25)21(29)18-4-2-3-5-19(18)23-20(28)16-6-8-17(9-7-16)27-11-10-22-24-27/h2-11H,12-15H2,1H3,(H,23,28). The van der Waals surface area contributed by atoms with Crippen LogP contribution in [0.2, 0.25) is 0 Å². The molecule has 8 nitrogen and oxygen atoms in total. The van der Waals surface area contributed by atoms with Crippen molar-refractivity contribution in [3.63, 3.8) is 0 Å². The quantitative estimate of drug-likeness (QED) is 0.736. The first kappa shape index (κ1) is 18.8. The Morgan fingerprint density at radius 3 is 2.38 bits per heavy atom. The molecular formula is C21H22N6O2. The molecule has 29 heavy (non-hydrogen) atoms. The van der Waals surface area contributed by atoms with Gasteiger partial charge in [0.05, 0.1) is 29.3 Å². The Morgan fingerprint density at radius 2 is 1.69 bits per heavy atom. The van der Waals surface area contributed by atoms with Crippen LogP contribution in [0, 0.1) is 0 Å². The van der Waals surface area contributed by atoms with Gasteiger partial charge in [0.15, 0.2) is 0 Å². The van der Waals surface area contributed by atoms with Crippen LogP contribution in [0.25, 0.3) is 5.69 Å². The first-order valence-electron chi connectivity index (χ1n) is 9.47. The lowest BCUT2D eigenvalue weighted by Crippen LogP contribution is -2.47. The molecule has 2 aromatic carbocycles. The molecule has 2 heterocycles. The number of carbonyl (C=O) groups is 2. The van der Waals surface area contributed by atoms with Gasteiger partial charge in [-0.25, -0.2) is 4.68 Å². The lowest BCUT2D eigenvalue weighted by atomic mass is 10.1. The SMILES string of the molecule is CN1CCN(C(=O)c2ccccc2NC(=O)c2ccc(-n3ccnn3)cc2)CC1. The molecule has 4 rings (SSSR count). The Bertz CT molecular complexity index is 992. The van der Waals surface area contributed by atoms with E-state index in [1.165, 1.54) is 0 Å². The van der Waals surface area contributed by atoms with Crippen LogP contribution in [0.1, 0.15) is 20.7 Å². The number of nitrogens with one attached hydrogen (secondary N) is 1. The summed E-state index contributed by atoms with van der Waals surface area (Å²) in [5.74, 6) is -0.329. The highest BCUT2D eigenvalue weighted by molar-refractivity contribution is 6.09.